The van der Waals surface area contributed by atoms with Crippen LogP contribution in [0.1, 0.15) is 44.8 Å². The molecule has 2 aromatic rings. The number of aromatic nitrogens is 1. The first-order valence-electron chi connectivity index (χ1n) is 7.29. The van der Waals surface area contributed by atoms with Gasteiger partial charge in [0.05, 0.1) is 24.5 Å². The number of aromatic amines is 1. The van der Waals surface area contributed by atoms with E-state index in [-0.39, 0.29) is 18.1 Å². The van der Waals surface area contributed by atoms with Gasteiger partial charge in [-0.05, 0) is 32.4 Å². The van der Waals surface area contributed by atoms with Crippen molar-refractivity contribution in [3.63, 3.8) is 0 Å². The van der Waals surface area contributed by atoms with Gasteiger partial charge in [0.15, 0.2) is 5.76 Å². The molecule has 0 atom stereocenters. The molecule has 0 aliphatic carbocycles. The standard InChI is InChI=1S/C15H16N4O6/c1-4-24-15(21)12-8(2)13(17-9(12)3)14(20)18-16-7-10-5-6-11(25-10)19(22)23/h5-7,17H,4H2,1-3H3,(H,18,20)/b16-7+. The van der Waals surface area contributed by atoms with Crippen LogP contribution in [-0.2, 0) is 4.74 Å². The molecule has 0 saturated carbocycles. The van der Waals surface area contributed by atoms with Gasteiger partial charge in [-0.1, -0.05) is 0 Å². The van der Waals surface area contributed by atoms with Crippen LogP contribution in [-0.4, -0.2) is 34.6 Å². The lowest BCUT2D eigenvalue weighted by atomic mass is 10.1. The van der Waals surface area contributed by atoms with Gasteiger partial charge in [-0.25, -0.2) is 10.2 Å². The molecule has 0 aliphatic heterocycles. The van der Waals surface area contributed by atoms with E-state index in [9.17, 15) is 19.7 Å². The number of hydrogen-bond donors (Lipinski definition) is 2. The second kappa shape index (κ2) is 7.43. The van der Waals surface area contributed by atoms with E-state index in [1.807, 2.05) is 0 Å². The van der Waals surface area contributed by atoms with E-state index in [4.69, 9.17) is 9.15 Å². The molecule has 0 unspecified atom stereocenters. The summed E-state index contributed by atoms with van der Waals surface area (Å²) in [7, 11) is 0. The van der Waals surface area contributed by atoms with Crippen molar-refractivity contribution in [1.82, 2.24) is 10.4 Å². The molecule has 0 aliphatic rings. The van der Waals surface area contributed by atoms with Crippen LogP contribution < -0.4 is 5.43 Å². The minimum atomic E-state index is -0.683. The van der Waals surface area contributed by atoms with Crippen LogP contribution in [0.5, 0.6) is 0 Å². The fourth-order valence-electron chi connectivity index (χ4n) is 2.21. The Morgan fingerprint density at radius 1 is 1.44 bits per heavy atom. The molecule has 10 nitrogen and oxygen atoms in total. The number of rotatable bonds is 6. The Hall–Kier alpha value is -3.43. The van der Waals surface area contributed by atoms with Crippen molar-refractivity contribution in [2.45, 2.75) is 20.8 Å². The minimum Gasteiger partial charge on any atom is -0.462 e. The molecule has 2 rings (SSSR count). The lowest BCUT2D eigenvalue weighted by Gasteiger charge is -2.02. The van der Waals surface area contributed by atoms with Gasteiger partial charge in [-0.2, -0.15) is 5.10 Å². The predicted molar refractivity (Wildman–Crippen MR) is 86.6 cm³/mol. The highest BCUT2D eigenvalue weighted by Crippen LogP contribution is 2.19. The molecule has 0 fully saturated rings. The molecule has 0 spiro atoms. The van der Waals surface area contributed by atoms with Gasteiger partial charge in [0.1, 0.15) is 10.6 Å². The van der Waals surface area contributed by atoms with E-state index in [1.165, 1.54) is 12.1 Å². The maximum absolute atomic E-state index is 12.2. The van der Waals surface area contributed by atoms with Gasteiger partial charge >= 0.3 is 11.9 Å². The Balaban J connectivity index is 2.10. The molecule has 2 heterocycles. The molecule has 10 heteroatoms. The smallest absolute Gasteiger partial charge is 0.433 e. The summed E-state index contributed by atoms with van der Waals surface area (Å²) < 4.78 is 9.82. The largest absolute Gasteiger partial charge is 0.462 e. The maximum atomic E-state index is 12.2. The van der Waals surface area contributed by atoms with Crippen LogP contribution in [0.4, 0.5) is 5.88 Å². The third-order valence-electron chi connectivity index (χ3n) is 3.29. The molecule has 2 aromatic heterocycles. The number of nitrogens with one attached hydrogen (secondary N) is 2. The van der Waals surface area contributed by atoms with E-state index in [0.29, 0.717) is 16.8 Å². The zero-order valence-electron chi connectivity index (χ0n) is 13.8. The monoisotopic (exact) mass is 348 g/mol. The van der Waals surface area contributed by atoms with Crippen LogP contribution >= 0.6 is 0 Å². The van der Waals surface area contributed by atoms with Crippen LogP contribution in [0.15, 0.2) is 21.7 Å². The first kappa shape index (κ1) is 17.9. The fourth-order valence-corrected chi connectivity index (χ4v) is 2.21. The first-order valence-corrected chi connectivity index (χ1v) is 7.29. The van der Waals surface area contributed by atoms with Crippen molar-refractivity contribution in [3.05, 3.63) is 50.5 Å². The third kappa shape index (κ3) is 3.91. The fraction of sp³-hybridized carbons (Fsp3) is 0.267. The summed E-state index contributed by atoms with van der Waals surface area (Å²) in [6.07, 6.45) is 1.13. The van der Waals surface area contributed by atoms with Gasteiger partial charge < -0.3 is 14.1 Å². The van der Waals surface area contributed by atoms with Crippen LogP contribution in [0.2, 0.25) is 0 Å². The van der Waals surface area contributed by atoms with Gasteiger partial charge in [0, 0.05) is 5.69 Å². The van der Waals surface area contributed by atoms with Crippen molar-refractivity contribution < 1.29 is 23.7 Å². The van der Waals surface area contributed by atoms with Gasteiger partial charge in [0.2, 0.25) is 0 Å². The second-order valence-electron chi connectivity index (χ2n) is 4.98. The van der Waals surface area contributed by atoms with E-state index in [1.54, 1.807) is 20.8 Å². The van der Waals surface area contributed by atoms with Crippen molar-refractivity contribution in [2.75, 3.05) is 6.61 Å². The summed E-state index contributed by atoms with van der Waals surface area (Å²) >= 11 is 0. The lowest BCUT2D eigenvalue weighted by molar-refractivity contribution is -0.402. The number of hydrazone groups is 1. The number of carbonyl (C=O) groups is 2. The van der Waals surface area contributed by atoms with Crippen LogP contribution in [0.25, 0.3) is 0 Å². The summed E-state index contributed by atoms with van der Waals surface area (Å²) in [5.74, 6) is -1.41. The maximum Gasteiger partial charge on any atom is 0.433 e. The van der Waals surface area contributed by atoms with Crippen molar-refractivity contribution in [3.8, 4) is 0 Å². The van der Waals surface area contributed by atoms with Crippen LogP contribution in [0.3, 0.4) is 0 Å². The molecule has 25 heavy (non-hydrogen) atoms. The first-order chi connectivity index (χ1) is 11.8. The van der Waals surface area contributed by atoms with Crippen molar-refractivity contribution >= 4 is 24.0 Å². The summed E-state index contributed by atoms with van der Waals surface area (Å²) in [5, 5.41) is 14.2. The number of ether oxygens (including phenoxy) is 1. The van der Waals surface area contributed by atoms with Crippen molar-refractivity contribution in [2.24, 2.45) is 5.10 Å². The summed E-state index contributed by atoms with van der Waals surface area (Å²) in [5.41, 5.74) is 3.68. The molecule has 2 N–H and O–H groups in total. The normalized spacial score (nSPS) is 10.8. The third-order valence-corrected chi connectivity index (χ3v) is 3.29. The highest BCUT2D eigenvalue weighted by Gasteiger charge is 2.22. The van der Waals surface area contributed by atoms with E-state index in [2.05, 4.69) is 15.5 Å². The molecule has 132 valence electrons. The highest BCUT2D eigenvalue weighted by atomic mass is 16.6. The number of H-pyrrole nitrogens is 1. The number of carbonyl (C=O) groups excluding carboxylic acids is 2. The van der Waals surface area contributed by atoms with Crippen molar-refractivity contribution in [1.29, 1.82) is 0 Å². The molecule has 0 saturated heterocycles. The summed E-state index contributed by atoms with van der Waals surface area (Å²) in [6, 6.07) is 2.52. The molecular formula is C15H16N4O6. The number of nitrogens with zero attached hydrogens (tertiary/aromatic N) is 2. The Morgan fingerprint density at radius 3 is 2.76 bits per heavy atom. The second-order valence-corrected chi connectivity index (χ2v) is 4.98. The number of hydrogen-bond acceptors (Lipinski definition) is 7. The predicted octanol–water partition coefficient (Wildman–Crippen LogP) is 2.07. The molecular weight excluding hydrogens is 332 g/mol. The quantitative estimate of drug-likeness (QED) is 0.354. The highest BCUT2D eigenvalue weighted by molar-refractivity contribution is 6.00. The molecule has 0 radical (unpaired) electrons. The number of nitro groups is 1. The zero-order valence-corrected chi connectivity index (χ0v) is 13.8. The number of aryl methyl sites for hydroxylation is 1. The van der Waals surface area contributed by atoms with Gasteiger partial charge in [0.25, 0.3) is 5.91 Å². The van der Waals surface area contributed by atoms with E-state index in [0.717, 1.165) is 6.21 Å². The number of amides is 1. The van der Waals surface area contributed by atoms with Gasteiger partial charge in [-0.3, -0.25) is 14.9 Å². The number of esters is 1. The molecule has 1 amide bonds. The number of furan rings is 1. The summed E-state index contributed by atoms with van der Waals surface area (Å²) in [4.78, 5) is 36.7. The topological polar surface area (TPSA) is 140 Å². The lowest BCUT2D eigenvalue weighted by Crippen LogP contribution is -2.19. The molecule has 0 bridgehead atoms. The molecule has 0 aromatic carbocycles. The van der Waals surface area contributed by atoms with E-state index >= 15 is 0 Å². The Kier molecular flexibility index (Phi) is 5.32. The Bertz CT molecular complexity index is 848. The minimum absolute atomic E-state index is 0.110. The van der Waals surface area contributed by atoms with Crippen LogP contribution in [0, 0.1) is 24.0 Å². The van der Waals surface area contributed by atoms with E-state index < -0.39 is 22.7 Å². The average Bonchev–Trinajstić information content (AvgIpc) is 3.12. The zero-order chi connectivity index (χ0) is 18.6. The van der Waals surface area contributed by atoms with Gasteiger partial charge in [-0.15, -0.1) is 0 Å². The summed E-state index contributed by atoms with van der Waals surface area (Å²) in [6.45, 7) is 5.19. The average molecular weight is 348 g/mol. The SMILES string of the molecule is CCOC(=O)c1c(C)[nH]c(C(=O)N/N=C/c2ccc([N+](=O)[O-])o2)c1C. The Labute approximate surface area is 142 Å². The Morgan fingerprint density at radius 2 is 2.16 bits per heavy atom.